The maximum atomic E-state index is 12.4. The lowest BCUT2D eigenvalue weighted by Crippen LogP contribution is -2.51. The number of urea groups is 2. The minimum absolute atomic E-state index is 0.217. The van der Waals surface area contributed by atoms with Crippen LogP contribution in [-0.4, -0.2) is 53.6 Å². The lowest BCUT2D eigenvalue weighted by atomic mass is 9.97. The third kappa shape index (κ3) is 7.38. The van der Waals surface area contributed by atoms with Crippen molar-refractivity contribution in [2.75, 3.05) is 18.4 Å². The third-order valence-electron chi connectivity index (χ3n) is 4.53. The van der Waals surface area contributed by atoms with Gasteiger partial charge in [-0.15, -0.1) is 0 Å². The lowest BCUT2D eigenvalue weighted by Gasteiger charge is -2.31. The number of nitrogens with zero attached hydrogens (tertiary/aromatic N) is 1. The van der Waals surface area contributed by atoms with Crippen molar-refractivity contribution in [3.63, 3.8) is 0 Å². The van der Waals surface area contributed by atoms with Crippen molar-refractivity contribution in [2.45, 2.75) is 52.2 Å². The van der Waals surface area contributed by atoms with Crippen molar-refractivity contribution in [1.29, 1.82) is 0 Å². The van der Waals surface area contributed by atoms with Crippen molar-refractivity contribution in [3.8, 4) is 0 Å². The molecule has 1 aliphatic rings. The van der Waals surface area contributed by atoms with E-state index < -0.39 is 35.5 Å². The summed E-state index contributed by atoms with van der Waals surface area (Å²) in [7, 11) is 0. The number of nitrogens with one attached hydrogen (secondary N) is 3. The Kier molecular flexibility index (Phi) is 7.79. The topological polar surface area (TPSA) is 117 Å². The molecule has 0 radical (unpaired) electrons. The summed E-state index contributed by atoms with van der Waals surface area (Å²) >= 11 is 0. The summed E-state index contributed by atoms with van der Waals surface area (Å²) in [6.45, 7) is 7.59. The van der Waals surface area contributed by atoms with Crippen LogP contribution in [0.5, 0.6) is 0 Å². The predicted octanol–water partition coefficient (Wildman–Crippen LogP) is 2.49. The number of anilines is 1. The van der Waals surface area contributed by atoms with Crippen LogP contribution in [0.2, 0.25) is 0 Å². The number of carbonyl (C=O) groups excluding carboxylic acids is 4. The van der Waals surface area contributed by atoms with Crippen LogP contribution in [0.15, 0.2) is 30.3 Å². The summed E-state index contributed by atoms with van der Waals surface area (Å²) < 4.78 is 5.22. The number of ether oxygens (including phenoxy) is 1. The van der Waals surface area contributed by atoms with Crippen molar-refractivity contribution in [3.05, 3.63) is 30.3 Å². The fourth-order valence-corrected chi connectivity index (χ4v) is 2.95. The zero-order chi connectivity index (χ0) is 22.3. The normalized spacial score (nSPS) is 15.7. The Morgan fingerprint density at radius 1 is 1.07 bits per heavy atom. The molecule has 0 unspecified atom stereocenters. The van der Waals surface area contributed by atoms with E-state index in [4.69, 9.17) is 4.74 Å². The highest BCUT2D eigenvalue weighted by molar-refractivity contribution is 5.97. The lowest BCUT2D eigenvalue weighted by molar-refractivity contribution is -0.159. The van der Waals surface area contributed by atoms with Crippen LogP contribution >= 0.6 is 0 Å². The number of carbonyl (C=O) groups is 4. The van der Waals surface area contributed by atoms with E-state index in [2.05, 4.69) is 16.0 Å². The third-order valence-corrected chi connectivity index (χ3v) is 4.53. The molecule has 1 atom stereocenters. The molecule has 0 aliphatic carbocycles. The average Bonchev–Trinajstić information content (AvgIpc) is 2.67. The number of piperidine rings is 1. The predicted molar refractivity (Wildman–Crippen MR) is 112 cm³/mol. The molecule has 0 bridgehead atoms. The van der Waals surface area contributed by atoms with Gasteiger partial charge in [0.25, 0.3) is 5.91 Å². The van der Waals surface area contributed by atoms with Gasteiger partial charge in [0.05, 0.1) is 5.92 Å². The fourth-order valence-electron chi connectivity index (χ4n) is 2.95. The van der Waals surface area contributed by atoms with E-state index in [1.54, 1.807) is 37.8 Å². The van der Waals surface area contributed by atoms with Gasteiger partial charge in [0.15, 0.2) is 6.10 Å². The van der Waals surface area contributed by atoms with E-state index in [-0.39, 0.29) is 6.03 Å². The summed E-state index contributed by atoms with van der Waals surface area (Å²) in [6, 6.07) is 8.28. The van der Waals surface area contributed by atoms with Gasteiger partial charge in [0.2, 0.25) is 0 Å². The Bertz CT molecular complexity index is 767. The number of imide groups is 1. The Morgan fingerprint density at radius 2 is 1.67 bits per heavy atom. The molecule has 5 amide bonds. The summed E-state index contributed by atoms with van der Waals surface area (Å²) in [6.07, 6.45) is -0.206. The molecule has 1 saturated heterocycles. The Morgan fingerprint density at radius 3 is 2.23 bits per heavy atom. The summed E-state index contributed by atoms with van der Waals surface area (Å²) in [5.74, 6) is -1.59. The van der Waals surface area contributed by atoms with E-state index in [0.29, 0.717) is 31.6 Å². The van der Waals surface area contributed by atoms with Gasteiger partial charge in [0.1, 0.15) is 0 Å². The quantitative estimate of drug-likeness (QED) is 0.650. The molecular formula is C21H30N4O5. The average molecular weight is 418 g/mol. The number of para-hydroxylation sites is 1. The molecule has 0 spiro atoms. The molecule has 9 nitrogen and oxygen atoms in total. The zero-order valence-corrected chi connectivity index (χ0v) is 17.9. The molecule has 0 aromatic heterocycles. The van der Waals surface area contributed by atoms with Gasteiger partial charge < -0.3 is 20.3 Å². The largest absolute Gasteiger partial charge is 0.452 e. The van der Waals surface area contributed by atoms with E-state index in [1.165, 1.54) is 6.92 Å². The van der Waals surface area contributed by atoms with Crippen LogP contribution in [0.25, 0.3) is 0 Å². The van der Waals surface area contributed by atoms with Crippen LogP contribution in [0.4, 0.5) is 15.3 Å². The van der Waals surface area contributed by atoms with Crippen molar-refractivity contribution >= 4 is 29.6 Å². The van der Waals surface area contributed by atoms with Gasteiger partial charge in [-0.2, -0.15) is 0 Å². The molecule has 1 aliphatic heterocycles. The summed E-state index contributed by atoms with van der Waals surface area (Å²) in [5.41, 5.74) is 0.213. The molecule has 1 aromatic carbocycles. The van der Waals surface area contributed by atoms with Gasteiger partial charge in [0, 0.05) is 24.3 Å². The molecule has 1 heterocycles. The maximum Gasteiger partial charge on any atom is 0.321 e. The maximum absolute atomic E-state index is 12.4. The fraction of sp³-hybridized carbons (Fsp3) is 0.524. The van der Waals surface area contributed by atoms with Gasteiger partial charge in [-0.05, 0) is 52.7 Å². The van der Waals surface area contributed by atoms with Crippen LogP contribution in [0.1, 0.15) is 40.5 Å². The number of benzene rings is 1. The van der Waals surface area contributed by atoms with Gasteiger partial charge in [-0.3, -0.25) is 14.9 Å². The van der Waals surface area contributed by atoms with Gasteiger partial charge in [-0.25, -0.2) is 9.59 Å². The van der Waals surface area contributed by atoms with Gasteiger partial charge >= 0.3 is 18.0 Å². The molecule has 0 saturated carbocycles. The van der Waals surface area contributed by atoms with Gasteiger partial charge in [-0.1, -0.05) is 18.2 Å². The second-order valence-corrected chi connectivity index (χ2v) is 8.33. The minimum Gasteiger partial charge on any atom is -0.452 e. The number of hydrogen-bond acceptors (Lipinski definition) is 5. The van der Waals surface area contributed by atoms with Crippen LogP contribution < -0.4 is 16.0 Å². The highest BCUT2D eigenvalue weighted by Gasteiger charge is 2.31. The molecule has 3 N–H and O–H groups in total. The first-order valence-corrected chi connectivity index (χ1v) is 9.99. The summed E-state index contributed by atoms with van der Waals surface area (Å²) in [4.78, 5) is 50.2. The summed E-state index contributed by atoms with van der Waals surface area (Å²) in [5, 5.41) is 7.58. The molecule has 1 fully saturated rings. The van der Waals surface area contributed by atoms with Crippen LogP contribution in [0.3, 0.4) is 0 Å². The minimum atomic E-state index is -1.09. The number of amides is 5. The molecule has 9 heteroatoms. The standard InChI is InChI=1S/C21H30N4O5/c1-14(17(26)23-19(28)24-21(2,3)4)30-18(27)15-10-12-25(13-11-15)20(29)22-16-8-6-5-7-9-16/h5-9,14-15H,10-13H2,1-4H3,(H,22,29)(H2,23,24,26,28)/t14-/m1/s1. The zero-order valence-electron chi connectivity index (χ0n) is 17.9. The van der Waals surface area contributed by atoms with E-state index in [9.17, 15) is 19.2 Å². The number of rotatable bonds is 4. The molecule has 164 valence electrons. The van der Waals surface area contributed by atoms with E-state index in [0.717, 1.165) is 0 Å². The van der Waals surface area contributed by atoms with Crippen molar-refractivity contribution in [1.82, 2.24) is 15.5 Å². The molecular weight excluding hydrogens is 388 g/mol. The van der Waals surface area contributed by atoms with Crippen LogP contribution in [0, 0.1) is 5.92 Å². The van der Waals surface area contributed by atoms with E-state index in [1.807, 2.05) is 18.2 Å². The highest BCUT2D eigenvalue weighted by atomic mass is 16.5. The number of hydrogen-bond donors (Lipinski definition) is 3. The monoisotopic (exact) mass is 418 g/mol. The van der Waals surface area contributed by atoms with Crippen molar-refractivity contribution < 1.29 is 23.9 Å². The highest BCUT2D eigenvalue weighted by Crippen LogP contribution is 2.20. The van der Waals surface area contributed by atoms with Crippen molar-refractivity contribution in [2.24, 2.45) is 5.92 Å². The number of esters is 1. The Hall–Kier alpha value is -3.10. The second kappa shape index (κ2) is 10.1. The molecule has 30 heavy (non-hydrogen) atoms. The first kappa shape index (κ1) is 23.2. The first-order valence-electron chi connectivity index (χ1n) is 9.99. The molecule has 1 aromatic rings. The van der Waals surface area contributed by atoms with Crippen LogP contribution in [-0.2, 0) is 14.3 Å². The molecule has 2 rings (SSSR count). The second-order valence-electron chi connectivity index (χ2n) is 8.33. The van der Waals surface area contributed by atoms with E-state index >= 15 is 0 Å². The number of likely N-dealkylation sites (tertiary alicyclic amines) is 1. The first-order chi connectivity index (χ1) is 14.0. The Labute approximate surface area is 176 Å². The SMILES string of the molecule is C[C@@H](OC(=O)C1CCN(C(=O)Nc2ccccc2)CC1)C(=O)NC(=O)NC(C)(C)C. The Balaban J connectivity index is 1.76. The smallest absolute Gasteiger partial charge is 0.321 e.